The molecular formula is C11H23NO2. The van der Waals surface area contributed by atoms with Crippen LogP contribution in [0.4, 0.5) is 0 Å². The van der Waals surface area contributed by atoms with Gasteiger partial charge >= 0.3 is 0 Å². The third-order valence-corrected chi connectivity index (χ3v) is 2.60. The van der Waals surface area contributed by atoms with Crippen LogP contribution in [0.3, 0.4) is 0 Å². The van der Waals surface area contributed by atoms with Crippen molar-refractivity contribution in [2.45, 2.75) is 40.0 Å². The Morgan fingerprint density at radius 1 is 1.36 bits per heavy atom. The van der Waals surface area contributed by atoms with Crippen molar-refractivity contribution in [1.29, 1.82) is 0 Å². The van der Waals surface area contributed by atoms with Crippen molar-refractivity contribution in [3.8, 4) is 0 Å². The first-order valence-corrected chi connectivity index (χ1v) is 5.54. The van der Waals surface area contributed by atoms with Crippen LogP contribution in [0.5, 0.6) is 0 Å². The highest BCUT2D eigenvalue weighted by atomic mass is 16.3. The molecular weight excluding hydrogens is 178 g/mol. The topological polar surface area (TPSA) is 49.3 Å². The molecule has 0 saturated carbocycles. The Morgan fingerprint density at radius 2 is 1.93 bits per heavy atom. The summed E-state index contributed by atoms with van der Waals surface area (Å²) in [7, 11) is 0. The van der Waals surface area contributed by atoms with Crippen LogP contribution in [0.15, 0.2) is 0 Å². The molecule has 3 heteroatoms. The predicted molar refractivity (Wildman–Crippen MR) is 57.9 cm³/mol. The first-order valence-electron chi connectivity index (χ1n) is 5.54. The maximum Gasteiger partial charge on any atom is 0.223 e. The van der Waals surface area contributed by atoms with Crippen molar-refractivity contribution in [3.05, 3.63) is 0 Å². The van der Waals surface area contributed by atoms with Gasteiger partial charge in [0, 0.05) is 19.1 Å². The van der Waals surface area contributed by atoms with E-state index in [0.717, 1.165) is 19.3 Å². The molecule has 0 rings (SSSR count). The Morgan fingerprint density at radius 3 is 2.36 bits per heavy atom. The minimum Gasteiger partial charge on any atom is -0.396 e. The SMILES string of the molecule is CCC(CC)C(=O)NCC(C)CCO. The molecule has 0 aliphatic rings. The van der Waals surface area contributed by atoms with Crippen LogP contribution in [0.1, 0.15) is 40.0 Å². The molecule has 0 aliphatic heterocycles. The molecule has 0 radical (unpaired) electrons. The third kappa shape index (κ3) is 5.22. The molecule has 0 spiro atoms. The summed E-state index contributed by atoms with van der Waals surface area (Å²) in [5, 5.41) is 11.6. The smallest absolute Gasteiger partial charge is 0.223 e. The van der Waals surface area contributed by atoms with Gasteiger partial charge in [0.1, 0.15) is 0 Å². The van der Waals surface area contributed by atoms with E-state index in [1.54, 1.807) is 0 Å². The monoisotopic (exact) mass is 201 g/mol. The van der Waals surface area contributed by atoms with Gasteiger partial charge in [-0.3, -0.25) is 4.79 Å². The molecule has 0 fully saturated rings. The van der Waals surface area contributed by atoms with Crippen LogP contribution in [-0.4, -0.2) is 24.2 Å². The summed E-state index contributed by atoms with van der Waals surface area (Å²) in [4.78, 5) is 11.5. The van der Waals surface area contributed by atoms with E-state index in [-0.39, 0.29) is 18.4 Å². The number of hydrogen-bond donors (Lipinski definition) is 2. The summed E-state index contributed by atoms with van der Waals surface area (Å²) < 4.78 is 0. The Hall–Kier alpha value is -0.570. The van der Waals surface area contributed by atoms with Gasteiger partial charge in [0.05, 0.1) is 0 Å². The van der Waals surface area contributed by atoms with Crippen LogP contribution in [0.2, 0.25) is 0 Å². The first kappa shape index (κ1) is 13.4. The highest BCUT2D eigenvalue weighted by Crippen LogP contribution is 2.07. The second-order valence-corrected chi connectivity index (χ2v) is 3.88. The number of aliphatic hydroxyl groups is 1. The fourth-order valence-electron chi connectivity index (χ4n) is 1.40. The third-order valence-electron chi connectivity index (χ3n) is 2.60. The van der Waals surface area contributed by atoms with Gasteiger partial charge in [-0.15, -0.1) is 0 Å². The summed E-state index contributed by atoms with van der Waals surface area (Å²) in [6.45, 7) is 6.97. The summed E-state index contributed by atoms with van der Waals surface area (Å²) in [5.41, 5.74) is 0. The van der Waals surface area contributed by atoms with Gasteiger partial charge in [-0.2, -0.15) is 0 Å². The summed E-state index contributed by atoms with van der Waals surface area (Å²) in [6.07, 6.45) is 2.55. The summed E-state index contributed by atoms with van der Waals surface area (Å²) in [5.74, 6) is 0.662. The van der Waals surface area contributed by atoms with Crippen LogP contribution in [0, 0.1) is 11.8 Å². The largest absolute Gasteiger partial charge is 0.396 e. The molecule has 1 amide bonds. The van der Waals surface area contributed by atoms with Gasteiger partial charge in [-0.25, -0.2) is 0 Å². The zero-order valence-electron chi connectivity index (χ0n) is 9.55. The lowest BCUT2D eigenvalue weighted by Gasteiger charge is -2.15. The Balaban J connectivity index is 3.71. The van der Waals surface area contributed by atoms with E-state index in [0.29, 0.717) is 12.5 Å². The Bertz CT molecular complexity index is 155. The Labute approximate surface area is 86.9 Å². The summed E-state index contributed by atoms with van der Waals surface area (Å²) in [6, 6.07) is 0. The normalized spacial score (nSPS) is 12.9. The minimum absolute atomic E-state index is 0.149. The zero-order valence-corrected chi connectivity index (χ0v) is 9.55. The van der Waals surface area contributed by atoms with E-state index in [4.69, 9.17) is 5.11 Å². The zero-order chi connectivity index (χ0) is 11.0. The Kier molecular flexibility index (Phi) is 7.48. The van der Waals surface area contributed by atoms with Crippen LogP contribution in [0.25, 0.3) is 0 Å². The van der Waals surface area contributed by atoms with E-state index >= 15 is 0 Å². The highest BCUT2D eigenvalue weighted by molar-refractivity contribution is 5.78. The van der Waals surface area contributed by atoms with Gasteiger partial charge in [-0.05, 0) is 25.2 Å². The second-order valence-electron chi connectivity index (χ2n) is 3.88. The van der Waals surface area contributed by atoms with Crippen LogP contribution < -0.4 is 5.32 Å². The fraction of sp³-hybridized carbons (Fsp3) is 0.909. The number of carbonyl (C=O) groups is 1. The molecule has 14 heavy (non-hydrogen) atoms. The molecule has 2 N–H and O–H groups in total. The van der Waals surface area contributed by atoms with Gasteiger partial charge < -0.3 is 10.4 Å². The van der Waals surface area contributed by atoms with Crippen LogP contribution in [-0.2, 0) is 4.79 Å². The number of carbonyl (C=O) groups excluding carboxylic acids is 1. The molecule has 0 heterocycles. The van der Waals surface area contributed by atoms with E-state index in [1.807, 2.05) is 20.8 Å². The van der Waals surface area contributed by atoms with Crippen LogP contribution >= 0.6 is 0 Å². The van der Waals surface area contributed by atoms with E-state index in [1.165, 1.54) is 0 Å². The first-order chi connectivity index (χ1) is 6.65. The van der Waals surface area contributed by atoms with Crippen molar-refractivity contribution in [1.82, 2.24) is 5.32 Å². The average Bonchev–Trinajstić information content (AvgIpc) is 2.17. The lowest BCUT2D eigenvalue weighted by atomic mass is 10.0. The molecule has 3 nitrogen and oxygen atoms in total. The molecule has 0 aromatic rings. The maximum atomic E-state index is 11.5. The number of rotatable bonds is 7. The number of aliphatic hydroxyl groups excluding tert-OH is 1. The maximum absolute atomic E-state index is 11.5. The second kappa shape index (κ2) is 7.80. The summed E-state index contributed by atoms with van der Waals surface area (Å²) >= 11 is 0. The molecule has 1 atom stereocenters. The molecule has 0 saturated heterocycles. The molecule has 0 aromatic carbocycles. The highest BCUT2D eigenvalue weighted by Gasteiger charge is 2.14. The molecule has 0 bridgehead atoms. The predicted octanol–water partition coefficient (Wildman–Crippen LogP) is 1.56. The van der Waals surface area contributed by atoms with Gasteiger partial charge in [0.25, 0.3) is 0 Å². The van der Waals surface area contributed by atoms with Crippen molar-refractivity contribution < 1.29 is 9.90 Å². The lowest BCUT2D eigenvalue weighted by Crippen LogP contribution is -2.33. The fourth-order valence-corrected chi connectivity index (χ4v) is 1.40. The molecule has 0 aromatic heterocycles. The van der Waals surface area contributed by atoms with E-state index in [2.05, 4.69) is 5.32 Å². The minimum atomic E-state index is 0.149. The number of amides is 1. The standard InChI is InChI=1S/C11H23NO2/c1-4-10(5-2)11(14)12-8-9(3)6-7-13/h9-10,13H,4-8H2,1-3H3,(H,12,14). The lowest BCUT2D eigenvalue weighted by molar-refractivity contribution is -0.125. The van der Waals surface area contributed by atoms with Crippen molar-refractivity contribution >= 4 is 5.91 Å². The van der Waals surface area contributed by atoms with Gasteiger partial charge in [0.15, 0.2) is 0 Å². The quantitative estimate of drug-likeness (QED) is 0.656. The average molecular weight is 201 g/mol. The van der Waals surface area contributed by atoms with Crippen molar-refractivity contribution in [2.75, 3.05) is 13.2 Å². The molecule has 0 aliphatic carbocycles. The number of nitrogens with one attached hydrogen (secondary N) is 1. The van der Waals surface area contributed by atoms with Crippen molar-refractivity contribution in [3.63, 3.8) is 0 Å². The molecule has 1 unspecified atom stereocenters. The number of hydrogen-bond acceptors (Lipinski definition) is 2. The molecule has 84 valence electrons. The van der Waals surface area contributed by atoms with Gasteiger partial charge in [0.2, 0.25) is 5.91 Å². The van der Waals surface area contributed by atoms with E-state index in [9.17, 15) is 4.79 Å². The van der Waals surface area contributed by atoms with Gasteiger partial charge in [-0.1, -0.05) is 20.8 Å². The van der Waals surface area contributed by atoms with Crippen molar-refractivity contribution in [2.24, 2.45) is 11.8 Å². The van der Waals surface area contributed by atoms with E-state index < -0.39 is 0 Å².